The summed E-state index contributed by atoms with van der Waals surface area (Å²) in [6, 6.07) is 9.76. The molecule has 0 amide bonds. The van der Waals surface area contributed by atoms with Gasteiger partial charge in [-0.25, -0.2) is 0 Å². The van der Waals surface area contributed by atoms with Crippen LogP contribution < -0.4 is 10.1 Å². The molecule has 1 aliphatic carbocycles. The van der Waals surface area contributed by atoms with Gasteiger partial charge in [0.1, 0.15) is 11.6 Å². The van der Waals surface area contributed by atoms with Crippen LogP contribution in [0.3, 0.4) is 0 Å². The number of aromatic nitrogens is 2. The average molecular weight is 285 g/mol. The Kier molecular flexibility index (Phi) is 4.01. The van der Waals surface area contributed by atoms with Gasteiger partial charge in [-0.2, -0.15) is 5.10 Å². The van der Waals surface area contributed by atoms with Gasteiger partial charge in [0.2, 0.25) is 0 Å². The Morgan fingerprint density at radius 1 is 1.24 bits per heavy atom. The number of ether oxygens (including phenoxy) is 1. The number of methoxy groups -OCH3 is 1. The van der Waals surface area contributed by atoms with Crippen LogP contribution in [0.4, 0.5) is 5.82 Å². The number of nitrogens with zero attached hydrogens (tertiary/aromatic N) is 2. The third-order valence-electron chi connectivity index (χ3n) is 3.67. The van der Waals surface area contributed by atoms with E-state index in [1.165, 1.54) is 0 Å². The molecule has 0 radical (unpaired) electrons. The van der Waals surface area contributed by atoms with E-state index in [1.807, 2.05) is 30.3 Å². The van der Waals surface area contributed by atoms with Gasteiger partial charge in [-0.05, 0) is 36.6 Å². The number of anilines is 1. The minimum Gasteiger partial charge on any atom is -0.497 e. The van der Waals surface area contributed by atoms with E-state index >= 15 is 0 Å². The van der Waals surface area contributed by atoms with Gasteiger partial charge < -0.3 is 15.2 Å². The second kappa shape index (κ2) is 6.10. The lowest BCUT2D eigenvalue weighted by atomic mass is 10.1. The van der Waals surface area contributed by atoms with E-state index in [4.69, 9.17) is 4.74 Å². The number of hydrogen-bond acceptors (Lipinski definition) is 5. The van der Waals surface area contributed by atoms with Crippen LogP contribution in [0.25, 0.3) is 0 Å². The Morgan fingerprint density at radius 2 is 2.00 bits per heavy atom. The SMILES string of the molecule is COc1ccc(CNc2cc(CO)c(C3CC3)nn2)cc1. The van der Waals surface area contributed by atoms with Crippen molar-refractivity contribution in [3.63, 3.8) is 0 Å². The molecule has 1 aromatic heterocycles. The molecule has 1 fully saturated rings. The molecule has 0 bridgehead atoms. The minimum absolute atomic E-state index is 0.0125. The lowest BCUT2D eigenvalue weighted by molar-refractivity contribution is 0.279. The molecule has 3 rings (SSSR count). The maximum atomic E-state index is 9.45. The summed E-state index contributed by atoms with van der Waals surface area (Å²) in [6.45, 7) is 0.672. The molecule has 2 aromatic rings. The number of hydrogen-bond donors (Lipinski definition) is 2. The highest BCUT2D eigenvalue weighted by Gasteiger charge is 2.28. The lowest BCUT2D eigenvalue weighted by Gasteiger charge is -2.09. The van der Waals surface area contributed by atoms with Crippen molar-refractivity contribution in [3.8, 4) is 5.75 Å². The lowest BCUT2D eigenvalue weighted by Crippen LogP contribution is -2.06. The van der Waals surface area contributed by atoms with Crippen molar-refractivity contribution >= 4 is 5.82 Å². The van der Waals surface area contributed by atoms with Crippen LogP contribution in [0.15, 0.2) is 30.3 Å². The van der Waals surface area contributed by atoms with Gasteiger partial charge in [0.15, 0.2) is 0 Å². The van der Waals surface area contributed by atoms with Crippen LogP contribution in [-0.4, -0.2) is 22.4 Å². The molecule has 2 N–H and O–H groups in total. The van der Waals surface area contributed by atoms with Gasteiger partial charge in [0.25, 0.3) is 0 Å². The summed E-state index contributed by atoms with van der Waals surface area (Å²) in [5, 5.41) is 21.1. The standard InChI is InChI=1S/C16H19N3O2/c1-21-14-6-2-11(3-7-14)9-17-15-8-13(10-20)16(19-18-15)12-4-5-12/h2-3,6-8,12,20H,4-5,9-10H2,1H3,(H,17,18). The Labute approximate surface area is 124 Å². The summed E-state index contributed by atoms with van der Waals surface area (Å²) in [4.78, 5) is 0. The average Bonchev–Trinajstić information content (AvgIpc) is 3.38. The summed E-state index contributed by atoms with van der Waals surface area (Å²) in [7, 11) is 1.65. The van der Waals surface area contributed by atoms with Crippen molar-refractivity contribution in [2.24, 2.45) is 0 Å². The molecule has 1 saturated carbocycles. The Balaban J connectivity index is 1.66. The Bertz CT molecular complexity index is 609. The highest BCUT2D eigenvalue weighted by atomic mass is 16.5. The molecule has 0 saturated heterocycles. The van der Waals surface area contributed by atoms with Gasteiger partial charge in [0.05, 0.1) is 19.4 Å². The van der Waals surface area contributed by atoms with Crippen molar-refractivity contribution < 1.29 is 9.84 Å². The highest BCUT2D eigenvalue weighted by Crippen LogP contribution is 2.40. The molecule has 5 nitrogen and oxygen atoms in total. The zero-order valence-corrected chi connectivity index (χ0v) is 12.0. The fourth-order valence-corrected chi connectivity index (χ4v) is 2.29. The number of aliphatic hydroxyl groups excluding tert-OH is 1. The first-order chi connectivity index (χ1) is 10.3. The molecule has 0 atom stereocenters. The molecule has 1 aromatic carbocycles. The maximum Gasteiger partial charge on any atom is 0.149 e. The van der Waals surface area contributed by atoms with E-state index in [0.29, 0.717) is 18.3 Å². The van der Waals surface area contributed by atoms with E-state index < -0.39 is 0 Å². The van der Waals surface area contributed by atoms with E-state index in [2.05, 4.69) is 15.5 Å². The van der Waals surface area contributed by atoms with Gasteiger partial charge in [-0.3, -0.25) is 0 Å². The largest absolute Gasteiger partial charge is 0.497 e. The summed E-state index contributed by atoms with van der Waals surface area (Å²) in [6.07, 6.45) is 2.31. The number of benzene rings is 1. The highest BCUT2D eigenvalue weighted by molar-refractivity contribution is 5.41. The van der Waals surface area contributed by atoms with Crippen molar-refractivity contribution in [2.45, 2.75) is 31.9 Å². The summed E-state index contributed by atoms with van der Waals surface area (Å²) in [5.41, 5.74) is 2.96. The van der Waals surface area contributed by atoms with Crippen molar-refractivity contribution in [1.82, 2.24) is 10.2 Å². The summed E-state index contributed by atoms with van der Waals surface area (Å²) in [5.74, 6) is 2.03. The second-order valence-electron chi connectivity index (χ2n) is 5.27. The zero-order chi connectivity index (χ0) is 14.7. The molecule has 5 heteroatoms. The van der Waals surface area contributed by atoms with Crippen LogP contribution in [0.1, 0.15) is 35.6 Å². The quantitative estimate of drug-likeness (QED) is 0.853. The topological polar surface area (TPSA) is 67.3 Å². The monoisotopic (exact) mass is 285 g/mol. The second-order valence-corrected chi connectivity index (χ2v) is 5.27. The zero-order valence-electron chi connectivity index (χ0n) is 12.0. The van der Waals surface area contributed by atoms with Gasteiger partial charge in [-0.15, -0.1) is 5.10 Å². The Morgan fingerprint density at radius 3 is 2.62 bits per heavy atom. The van der Waals surface area contributed by atoms with Crippen LogP contribution in [-0.2, 0) is 13.2 Å². The van der Waals surface area contributed by atoms with E-state index in [1.54, 1.807) is 7.11 Å². The maximum absolute atomic E-state index is 9.45. The first kappa shape index (κ1) is 13.8. The van der Waals surface area contributed by atoms with E-state index in [0.717, 1.165) is 35.4 Å². The van der Waals surface area contributed by atoms with Crippen molar-refractivity contribution in [1.29, 1.82) is 0 Å². The molecule has 1 aliphatic rings. The summed E-state index contributed by atoms with van der Waals surface area (Å²) < 4.78 is 5.13. The number of nitrogens with one attached hydrogen (secondary N) is 1. The minimum atomic E-state index is 0.0125. The van der Waals surface area contributed by atoms with Crippen molar-refractivity contribution in [3.05, 3.63) is 47.2 Å². The van der Waals surface area contributed by atoms with E-state index in [-0.39, 0.29) is 6.61 Å². The fraction of sp³-hybridized carbons (Fsp3) is 0.375. The van der Waals surface area contributed by atoms with Crippen LogP contribution >= 0.6 is 0 Å². The normalized spacial score (nSPS) is 14.0. The molecule has 110 valence electrons. The molecule has 1 heterocycles. The fourth-order valence-electron chi connectivity index (χ4n) is 2.29. The smallest absolute Gasteiger partial charge is 0.149 e. The predicted octanol–water partition coefficient (Wildman–Crippen LogP) is 2.47. The molecule has 0 unspecified atom stereocenters. The first-order valence-electron chi connectivity index (χ1n) is 7.14. The molecule has 0 spiro atoms. The number of aliphatic hydroxyl groups is 1. The number of rotatable bonds is 6. The van der Waals surface area contributed by atoms with Gasteiger partial charge in [-0.1, -0.05) is 12.1 Å². The van der Waals surface area contributed by atoms with Gasteiger partial charge >= 0.3 is 0 Å². The van der Waals surface area contributed by atoms with Crippen molar-refractivity contribution in [2.75, 3.05) is 12.4 Å². The molecule has 0 aliphatic heterocycles. The third kappa shape index (κ3) is 3.31. The predicted molar refractivity (Wildman–Crippen MR) is 80.3 cm³/mol. The Hall–Kier alpha value is -2.14. The van der Waals surface area contributed by atoms with E-state index in [9.17, 15) is 5.11 Å². The van der Waals surface area contributed by atoms with Crippen LogP contribution in [0.2, 0.25) is 0 Å². The molecular formula is C16H19N3O2. The first-order valence-corrected chi connectivity index (χ1v) is 7.14. The van der Waals surface area contributed by atoms with Crippen LogP contribution in [0.5, 0.6) is 5.75 Å². The van der Waals surface area contributed by atoms with Crippen LogP contribution in [0, 0.1) is 0 Å². The molecule has 21 heavy (non-hydrogen) atoms. The van der Waals surface area contributed by atoms with Gasteiger partial charge in [0, 0.05) is 18.0 Å². The third-order valence-corrected chi connectivity index (χ3v) is 3.67. The summed E-state index contributed by atoms with van der Waals surface area (Å²) >= 11 is 0. The molecular weight excluding hydrogens is 266 g/mol.